The van der Waals surface area contributed by atoms with Crippen LogP contribution in [0.4, 0.5) is 4.79 Å². The van der Waals surface area contributed by atoms with Crippen molar-refractivity contribution < 1.29 is 4.79 Å². The van der Waals surface area contributed by atoms with Gasteiger partial charge in [0.2, 0.25) is 0 Å². The maximum atomic E-state index is 12.2. The number of aromatic amines is 1. The summed E-state index contributed by atoms with van der Waals surface area (Å²) in [5, 5.41) is 9.50. The quantitative estimate of drug-likeness (QED) is 0.643. The second-order valence-electron chi connectivity index (χ2n) is 8.53. The van der Waals surface area contributed by atoms with Crippen LogP contribution in [0.5, 0.6) is 0 Å². The first-order valence-electron chi connectivity index (χ1n) is 10.8. The molecule has 3 aromatic heterocycles. The lowest BCUT2D eigenvalue weighted by Crippen LogP contribution is -2.50. The number of nitrogens with one attached hydrogen (secondary N) is 2. The molecular weight excluding hydrogens is 400 g/mol. The van der Waals surface area contributed by atoms with Crippen molar-refractivity contribution in [2.24, 2.45) is 0 Å². The number of likely N-dealkylation sites (tertiary alicyclic amines) is 1. The van der Waals surface area contributed by atoms with Gasteiger partial charge in [0.15, 0.2) is 0 Å². The Balaban J connectivity index is 1.45. The van der Waals surface area contributed by atoms with Crippen LogP contribution in [-0.2, 0) is 12.0 Å². The van der Waals surface area contributed by atoms with E-state index < -0.39 is 0 Å². The van der Waals surface area contributed by atoms with Crippen LogP contribution >= 0.6 is 11.6 Å². The lowest BCUT2D eigenvalue weighted by Gasteiger charge is -2.44. The SMILES string of the molecule is CCNC(=O)N1CCC2(CCCn3nc(-c4cnc5[nH]c(C)c(Cl)c5c4)cc32)CC1. The molecule has 1 saturated heterocycles. The molecule has 1 fully saturated rings. The predicted octanol–water partition coefficient (Wildman–Crippen LogP) is 4.25. The van der Waals surface area contributed by atoms with Crippen molar-refractivity contribution >= 4 is 28.7 Å². The van der Waals surface area contributed by atoms with E-state index in [-0.39, 0.29) is 11.4 Å². The van der Waals surface area contributed by atoms with Crippen molar-refractivity contribution in [1.82, 2.24) is 30.0 Å². The van der Waals surface area contributed by atoms with E-state index in [1.165, 1.54) is 5.69 Å². The summed E-state index contributed by atoms with van der Waals surface area (Å²) in [4.78, 5) is 21.9. The third kappa shape index (κ3) is 3.07. The number of hydrogen-bond donors (Lipinski definition) is 2. The zero-order valence-electron chi connectivity index (χ0n) is 17.5. The minimum absolute atomic E-state index is 0.0513. The van der Waals surface area contributed by atoms with Crippen molar-refractivity contribution in [3.05, 3.63) is 34.7 Å². The minimum Gasteiger partial charge on any atom is -0.342 e. The van der Waals surface area contributed by atoms with Crippen molar-refractivity contribution in [3.8, 4) is 11.3 Å². The van der Waals surface area contributed by atoms with E-state index in [1.54, 1.807) is 0 Å². The average Bonchev–Trinajstić information content (AvgIpc) is 3.31. The molecule has 7 nitrogen and oxygen atoms in total. The molecule has 0 radical (unpaired) electrons. The molecule has 0 saturated carbocycles. The molecule has 2 amide bonds. The third-order valence-corrected chi connectivity index (χ3v) is 7.23. The number of amides is 2. The summed E-state index contributed by atoms with van der Waals surface area (Å²) in [6.45, 7) is 7.10. The van der Waals surface area contributed by atoms with Gasteiger partial charge in [0.05, 0.1) is 10.7 Å². The molecule has 5 heterocycles. The molecule has 2 aliphatic rings. The van der Waals surface area contributed by atoms with E-state index in [0.717, 1.165) is 78.3 Å². The van der Waals surface area contributed by atoms with Crippen LogP contribution in [0.25, 0.3) is 22.3 Å². The van der Waals surface area contributed by atoms with E-state index in [4.69, 9.17) is 16.7 Å². The number of aryl methyl sites for hydroxylation is 2. The Hall–Kier alpha value is -2.54. The third-order valence-electron chi connectivity index (χ3n) is 6.74. The molecule has 30 heavy (non-hydrogen) atoms. The number of H-pyrrole nitrogens is 1. The number of hydrogen-bond acceptors (Lipinski definition) is 3. The Morgan fingerprint density at radius 2 is 2.07 bits per heavy atom. The van der Waals surface area contributed by atoms with Gasteiger partial charge in [-0.2, -0.15) is 5.10 Å². The van der Waals surface area contributed by atoms with Crippen LogP contribution in [0.15, 0.2) is 18.3 Å². The summed E-state index contributed by atoms with van der Waals surface area (Å²) in [5.74, 6) is 0. The van der Waals surface area contributed by atoms with Crippen LogP contribution in [0.2, 0.25) is 5.02 Å². The smallest absolute Gasteiger partial charge is 0.317 e. The largest absolute Gasteiger partial charge is 0.342 e. The predicted molar refractivity (Wildman–Crippen MR) is 118 cm³/mol. The van der Waals surface area contributed by atoms with Gasteiger partial charge in [0, 0.05) is 60.1 Å². The number of piperidine rings is 1. The molecule has 2 aliphatic heterocycles. The van der Waals surface area contributed by atoms with Crippen molar-refractivity contribution in [1.29, 1.82) is 0 Å². The Morgan fingerprint density at radius 3 is 2.83 bits per heavy atom. The zero-order chi connectivity index (χ0) is 20.9. The monoisotopic (exact) mass is 426 g/mol. The summed E-state index contributed by atoms with van der Waals surface area (Å²) >= 11 is 6.45. The van der Waals surface area contributed by atoms with Crippen LogP contribution < -0.4 is 5.32 Å². The first kappa shape index (κ1) is 19.4. The highest BCUT2D eigenvalue weighted by atomic mass is 35.5. The first-order chi connectivity index (χ1) is 14.5. The summed E-state index contributed by atoms with van der Waals surface area (Å²) < 4.78 is 2.18. The molecule has 0 bridgehead atoms. The Bertz CT molecular complexity index is 1110. The molecule has 0 atom stereocenters. The molecule has 1 spiro atoms. The summed E-state index contributed by atoms with van der Waals surface area (Å²) in [6, 6.07) is 4.36. The van der Waals surface area contributed by atoms with E-state index in [0.29, 0.717) is 6.54 Å². The molecule has 158 valence electrons. The summed E-state index contributed by atoms with van der Waals surface area (Å²) in [5.41, 5.74) is 5.07. The topological polar surface area (TPSA) is 78.8 Å². The lowest BCUT2D eigenvalue weighted by molar-refractivity contribution is 0.139. The van der Waals surface area contributed by atoms with Crippen molar-refractivity contribution in [2.45, 2.75) is 51.5 Å². The van der Waals surface area contributed by atoms with E-state index >= 15 is 0 Å². The Morgan fingerprint density at radius 1 is 1.27 bits per heavy atom. The fraction of sp³-hybridized carbons (Fsp3) is 0.500. The fourth-order valence-electron chi connectivity index (χ4n) is 5.06. The van der Waals surface area contributed by atoms with Gasteiger partial charge in [-0.3, -0.25) is 4.68 Å². The van der Waals surface area contributed by atoms with Crippen LogP contribution in [-0.4, -0.2) is 50.3 Å². The number of nitrogens with zero attached hydrogens (tertiary/aromatic N) is 4. The molecule has 0 aromatic carbocycles. The number of pyridine rings is 1. The van der Waals surface area contributed by atoms with Crippen LogP contribution in [0.1, 0.15) is 44.0 Å². The molecule has 3 aromatic rings. The van der Waals surface area contributed by atoms with Gasteiger partial charge in [-0.25, -0.2) is 9.78 Å². The van der Waals surface area contributed by atoms with Crippen LogP contribution in [0, 0.1) is 6.92 Å². The van der Waals surface area contributed by atoms with Crippen molar-refractivity contribution in [2.75, 3.05) is 19.6 Å². The number of halogens is 1. The maximum absolute atomic E-state index is 12.2. The number of aromatic nitrogens is 4. The second-order valence-corrected chi connectivity index (χ2v) is 8.91. The van der Waals surface area contributed by atoms with Gasteiger partial charge in [-0.15, -0.1) is 0 Å². The number of rotatable bonds is 2. The molecule has 0 unspecified atom stereocenters. The lowest BCUT2D eigenvalue weighted by atomic mass is 9.70. The van der Waals surface area contributed by atoms with Gasteiger partial charge >= 0.3 is 6.03 Å². The van der Waals surface area contributed by atoms with Gasteiger partial charge in [0.25, 0.3) is 0 Å². The zero-order valence-corrected chi connectivity index (χ0v) is 18.2. The van der Waals surface area contributed by atoms with Gasteiger partial charge in [0.1, 0.15) is 5.65 Å². The normalized spacial score (nSPS) is 18.0. The van der Waals surface area contributed by atoms with Gasteiger partial charge in [-0.05, 0) is 51.7 Å². The standard InChI is InChI=1S/C22H27ClN6O/c1-3-24-21(30)28-9-6-22(7-10-28)5-4-8-29-18(22)12-17(27-29)15-11-16-19(23)14(2)26-20(16)25-13-15/h11-13H,3-10H2,1-2H3,(H,24,30)(H,25,26). The minimum atomic E-state index is 0.0513. The average molecular weight is 427 g/mol. The van der Waals surface area contributed by atoms with Crippen LogP contribution in [0.3, 0.4) is 0 Å². The van der Waals surface area contributed by atoms with E-state index in [9.17, 15) is 4.79 Å². The molecular formula is C22H27ClN6O. The fourth-order valence-corrected chi connectivity index (χ4v) is 5.26. The molecule has 8 heteroatoms. The Labute approximate surface area is 180 Å². The number of fused-ring (bicyclic) bond motifs is 3. The molecule has 2 N–H and O–H groups in total. The highest BCUT2D eigenvalue weighted by Crippen LogP contribution is 2.44. The Kier molecular flexibility index (Phi) is 4.73. The van der Waals surface area contributed by atoms with Crippen molar-refractivity contribution in [3.63, 3.8) is 0 Å². The number of urea groups is 1. The maximum Gasteiger partial charge on any atom is 0.317 e. The highest BCUT2D eigenvalue weighted by Gasteiger charge is 2.41. The summed E-state index contributed by atoms with van der Waals surface area (Å²) in [6.07, 6.45) is 6.11. The second kappa shape index (κ2) is 7.30. The molecule has 5 rings (SSSR count). The number of carbonyl (C=O) groups excluding carboxylic acids is 1. The summed E-state index contributed by atoms with van der Waals surface area (Å²) in [7, 11) is 0. The van der Waals surface area contributed by atoms with Gasteiger partial charge in [-0.1, -0.05) is 11.6 Å². The molecule has 0 aliphatic carbocycles. The highest BCUT2D eigenvalue weighted by molar-refractivity contribution is 6.36. The van der Waals surface area contributed by atoms with Gasteiger partial charge < -0.3 is 15.2 Å². The number of carbonyl (C=O) groups is 1. The van der Waals surface area contributed by atoms with E-state index in [1.807, 2.05) is 24.9 Å². The van der Waals surface area contributed by atoms with E-state index in [2.05, 4.69) is 32.1 Å². The first-order valence-corrected chi connectivity index (χ1v) is 11.1.